The Morgan fingerprint density at radius 2 is 1.65 bits per heavy atom. The molecule has 2 N–H and O–H groups in total. The van der Waals surface area contributed by atoms with E-state index in [1.54, 1.807) is 0 Å². The molecule has 0 aromatic rings. The minimum atomic E-state index is -4.05. The van der Waals surface area contributed by atoms with Crippen LogP contribution in [-0.2, 0) is 21.8 Å². The van der Waals surface area contributed by atoms with Gasteiger partial charge in [0.15, 0.2) is 0 Å². The molecule has 1 rings (SSSR count). The van der Waals surface area contributed by atoms with E-state index in [0.29, 0.717) is 12.5 Å². The molecule has 1 aliphatic rings. The number of aliphatic hydroxyl groups excluding tert-OH is 1. The quantitative estimate of drug-likeness (QED) is 0.653. The predicted octanol–water partition coefficient (Wildman–Crippen LogP) is 4.49. The summed E-state index contributed by atoms with van der Waals surface area (Å²) in [4.78, 5) is 0. The second-order valence-corrected chi connectivity index (χ2v) is 19.8. The summed E-state index contributed by atoms with van der Waals surface area (Å²) in [6.07, 6.45) is 0. The summed E-state index contributed by atoms with van der Waals surface area (Å²) in [5.41, 5.74) is 4.04. The molecule has 23 heavy (non-hydrogen) atoms. The molecule has 1 aliphatic carbocycles. The molecule has 0 saturated heterocycles. The zero-order valence-electron chi connectivity index (χ0n) is 15.9. The summed E-state index contributed by atoms with van der Waals surface area (Å²) >= 11 is -4.05. The van der Waals surface area contributed by atoms with Gasteiger partial charge in [0.05, 0.1) is 0 Å². The number of nitrogens with one attached hydrogen (secondary N) is 1. The molecule has 0 spiro atoms. The topological polar surface area (TPSA) is 41.5 Å². The van der Waals surface area contributed by atoms with Gasteiger partial charge in [-0.15, -0.1) is 24.8 Å². The average molecular weight is 448 g/mol. The van der Waals surface area contributed by atoms with Gasteiger partial charge < -0.3 is 0 Å². The molecule has 0 aromatic carbocycles. The number of aliphatic hydroxyl groups is 1. The number of hydrogen-bond donors (Lipinski definition) is 2. The number of halogens is 2. The van der Waals surface area contributed by atoms with Crippen LogP contribution in [0.5, 0.6) is 0 Å². The first-order chi connectivity index (χ1) is 9.32. The van der Waals surface area contributed by atoms with E-state index < -0.39 is 19.0 Å². The van der Waals surface area contributed by atoms with E-state index >= 15 is 0 Å². The third-order valence-electron chi connectivity index (χ3n) is 4.63. The van der Waals surface area contributed by atoms with Crippen molar-refractivity contribution in [1.82, 2.24) is 3.26 Å². The van der Waals surface area contributed by atoms with E-state index in [1.165, 1.54) is 20.0 Å². The summed E-state index contributed by atoms with van der Waals surface area (Å²) in [6, 6.07) is 0. The van der Waals surface area contributed by atoms with Crippen LogP contribution in [0.15, 0.2) is 20.0 Å². The van der Waals surface area contributed by atoms with Gasteiger partial charge in [-0.05, 0) is 0 Å². The Kier molecular flexibility index (Phi) is 9.45. The van der Waals surface area contributed by atoms with Crippen LogP contribution in [0.1, 0.15) is 48.5 Å². The molecule has 0 bridgehead atoms. The fraction of sp³-hybridized carbons (Fsp3) is 0.706. The van der Waals surface area contributed by atoms with Gasteiger partial charge >= 0.3 is 132 Å². The van der Waals surface area contributed by atoms with Crippen LogP contribution in [0, 0.1) is 5.92 Å². The predicted molar refractivity (Wildman–Crippen MR) is 104 cm³/mol. The van der Waals surface area contributed by atoms with Crippen molar-refractivity contribution < 1.29 is 26.9 Å². The van der Waals surface area contributed by atoms with Gasteiger partial charge in [-0.1, -0.05) is 0 Å². The van der Waals surface area contributed by atoms with Crippen molar-refractivity contribution >= 4 is 29.0 Å². The van der Waals surface area contributed by atoms with Gasteiger partial charge in [-0.25, -0.2) is 0 Å². The molecule has 0 saturated carbocycles. The molecule has 0 aliphatic heterocycles. The standard InChI is InChI=1S/C9H13.C4H10N.C2H5O2.CH3.CH2.2ClH.Zr/c1-6-5-7(2)9(4)8(6)3;1-4(2,3)5;3-1-2-4;;;;;/h6H,1-4H3;5H,1-3H3;3H,1-2H2;1H3;1H2;2*1H;/q;2*-1;;;;;+2. The summed E-state index contributed by atoms with van der Waals surface area (Å²) in [5, 5.41) is 9.25. The monoisotopic (exact) mass is 445 g/mol. The van der Waals surface area contributed by atoms with Crippen molar-refractivity contribution in [3.8, 4) is 0 Å². The maximum atomic E-state index is 9.25. The summed E-state index contributed by atoms with van der Waals surface area (Å²) in [7, 11) is 0. The fourth-order valence-electron chi connectivity index (χ4n) is 3.90. The molecular formula is C17H35Cl2NO2Zr. The zero-order chi connectivity index (χ0) is 16.7. The van der Waals surface area contributed by atoms with E-state index in [4.69, 9.17) is 2.81 Å². The van der Waals surface area contributed by atoms with Crippen molar-refractivity contribution in [2.75, 3.05) is 13.2 Å². The molecular weight excluding hydrogens is 412 g/mol. The normalized spacial score (nSPS) is 19.7. The van der Waals surface area contributed by atoms with Crippen molar-refractivity contribution in [3.05, 3.63) is 20.0 Å². The number of hydrogen-bond acceptors (Lipinski definition) is 3. The first kappa shape index (κ1) is 25.9. The van der Waals surface area contributed by atoms with Gasteiger partial charge in [-0.3, -0.25) is 0 Å². The van der Waals surface area contributed by atoms with Crippen LogP contribution < -0.4 is 3.26 Å². The van der Waals surface area contributed by atoms with E-state index in [-0.39, 0.29) is 37.0 Å². The molecule has 6 heteroatoms. The Morgan fingerprint density at radius 3 is 1.96 bits per heavy atom. The first-order valence-corrected chi connectivity index (χ1v) is 15.5. The van der Waals surface area contributed by atoms with E-state index in [2.05, 4.69) is 60.6 Å². The zero-order valence-corrected chi connectivity index (χ0v) is 20.0. The molecule has 1 unspecified atom stereocenters. The third kappa shape index (κ3) is 5.59. The average Bonchev–Trinajstić information content (AvgIpc) is 2.49. The van der Waals surface area contributed by atoms with Crippen molar-refractivity contribution in [3.63, 3.8) is 0 Å². The Labute approximate surface area is 156 Å². The van der Waals surface area contributed by atoms with E-state index in [0.717, 1.165) is 0 Å². The molecule has 0 radical (unpaired) electrons. The second-order valence-electron chi connectivity index (χ2n) is 7.90. The van der Waals surface area contributed by atoms with Gasteiger partial charge in [0, 0.05) is 0 Å². The maximum absolute atomic E-state index is 9.25. The SMILES string of the molecule is Cl.Cl.[CH2]=[Zr]([CH3])([NH]C(C)(C)C)([O]CCO)[C]1=C(C)C(C)=C(C)C1C. The van der Waals surface area contributed by atoms with Crippen molar-refractivity contribution in [2.45, 2.75) is 58.6 Å². The van der Waals surface area contributed by atoms with E-state index in [9.17, 15) is 5.11 Å². The van der Waals surface area contributed by atoms with Crippen molar-refractivity contribution in [2.24, 2.45) is 5.92 Å². The molecule has 138 valence electrons. The molecule has 0 amide bonds. The second kappa shape index (κ2) is 8.38. The fourth-order valence-corrected chi connectivity index (χ4v) is 17.4. The van der Waals surface area contributed by atoms with Crippen LogP contribution in [-0.4, -0.2) is 28.1 Å². The number of allylic oxidation sites excluding steroid dienone is 4. The molecule has 0 fully saturated rings. The van der Waals surface area contributed by atoms with Crippen LogP contribution >= 0.6 is 24.8 Å². The van der Waals surface area contributed by atoms with Gasteiger partial charge in [0.1, 0.15) is 0 Å². The Morgan fingerprint density at radius 1 is 1.17 bits per heavy atom. The molecule has 3 nitrogen and oxygen atoms in total. The summed E-state index contributed by atoms with van der Waals surface area (Å²) in [6.45, 7) is 15.7. The van der Waals surface area contributed by atoms with Crippen LogP contribution in [0.4, 0.5) is 0 Å². The van der Waals surface area contributed by atoms with Crippen molar-refractivity contribution in [1.29, 1.82) is 0 Å². The van der Waals surface area contributed by atoms with E-state index in [1.807, 2.05) is 0 Å². The first-order valence-electron chi connectivity index (χ1n) is 7.82. The van der Waals surface area contributed by atoms with Gasteiger partial charge in [0.25, 0.3) is 0 Å². The number of rotatable bonds is 5. The Bertz CT molecular complexity index is 561. The molecule has 0 aromatic heterocycles. The minimum absolute atomic E-state index is 0. The van der Waals surface area contributed by atoms with Gasteiger partial charge in [0.2, 0.25) is 0 Å². The molecule has 0 heterocycles. The van der Waals surface area contributed by atoms with Crippen LogP contribution in [0.3, 0.4) is 0 Å². The summed E-state index contributed by atoms with van der Waals surface area (Å²) < 4.78 is 18.3. The van der Waals surface area contributed by atoms with Crippen LogP contribution in [0.25, 0.3) is 0 Å². The third-order valence-corrected chi connectivity index (χ3v) is 16.0. The van der Waals surface area contributed by atoms with Crippen LogP contribution in [0.2, 0.25) is 4.63 Å². The van der Waals surface area contributed by atoms with Gasteiger partial charge in [-0.2, -0.15) is 0 Å². The molecule has 1 atom stereocenters. The Hall–Kier alpha value is 0.693. The summed E-state index contributed by atoms with van der Waals surface area (Å²) in [5.74, 6) is 0.367. The Balaban J connectivity index is 0.